The first-order chi connectivity index (χ1) is 10.9. The van der Waals surface area contributed by atoms with Crippen LogP contribution in [0.1, 0.15) is 17.0 Å². The molecule has 0 saturated carbocycles. The SMILES string of the molecule is Cc1cc(C=C2NC(=O)N(c3cccc(Cl)c3)C2=O)c(C)n1C. The molecule has 6 heteroatoms. The van der Waals surface area contributed by atoms with Crippen LogP contribution in [-0.4, -0.2) is 16.5 Å². The predicted octanol–water partition coefficient (Wildman–Crippen LogP) is 3.39. The number of urea groups is 1. The number of hydrogen-bond acceptors (Lipinski definition) is 2. The Labute approximate surface area is 139 Å². The molecule has 3 amide bonds. The second-order valence-electron chi connectivity index (χ2n) is 5.49. The largest absolute Gasteiger partial charge is 0.352 e. The smallest absolute Gasteiger partial charge is 0.333 e. The van der Waals surface area contributed by atoms with Crippen LogP contribution in [0.15, 0.2) is 36.0 Å². The number of carbonyl (C=O) groups excluding carboxylic acids is 2. The molecule has 5 nitrogen and oxygen atoms in total. The van der Waals surface area contributed by atoms with Crippen LogP contribution in [0.3, 0.4) is 0 Å². The average molecular weight is 330 g/mol. The Bertz CT molecular complexity index is 852. The molecule has 3 rings (SSSR count). The van der Waals surface area contributed by atoms with Gasteiger partial charge in [-0.1, -0.05) is 17.7 Å². The van der Waals surface area contributed by atoms with E-state index in [1.54, 1.807) is 30.3 Å². The van der Waals surface area contributed by atoms with E-state index in [0.29, 0.717) is 10.7 Å². The normalized spacial score (nSPS) is 16.3. The van der Waals surface area contributed by atoms with Gasteiger partial charge >= 0.3 is 6.03 Å². The molecular formula is C17H16ClN3O2. The monoisotopic (exact) mass is 329 g/mol. The molecule has 1 aromatic heterocycles. The summed E-state index contributed by atoms with van der Waals surface area (Å²) in [6.07, 6.45) is 1.70. The van der Waals surface area contributed by atoms with E-state index in [0.717, 1.165) is 21.9 Å². The van der Waals surface area contributed by atoms with E-state index in [1.807, 2.05) is 31.5 Å². The van der Waals surface area contributed by atoms with Gasteiger partial charge in [0.2, 0.25) is 0 Å². The highest BCUT2D eigenvalue weighted by atomic mass is 35.5. The number of aryl methyl sites for hydroxylation is 1. The maximum absolute atomic E-state index is 12.6. The first-order valence-corrected chi connectivity index (χ1v) is 7.52. The summed E-state index contributed by atoms with van der Waals surface area (Å²) in [5.41, 5.74) is 3.71. The molecule has 0 bridgehead atoms. The second kappa shape index (κ2) is 5.59. The van der Waals surface area contributed by atoms with Crippen LogP contribution < -0.4 is 10.2 Å². The van der Waals surface area contributed by atoms with Crippen LogP contribution in [0.25, 0.3) is 6.08 Å². The van der Waals surface area contributed by atoms with Gasteiger partial charge < -0.3 is 9.88 Å². The lowest BCUT2D eigenvalue weighted by molar-refractivity contribution is -0.113. The molecule has 1 aromatic carbocycles. The van der Waals surface area contributed by atoms with Crippen molar-refractivity contribution in [2.75, 3.05) is 4.90 Å². The second-order valence-corrected chi connectivity index (χ2v) is 5.93. The van der Waals surface area contributed by atoms with E-state index in [9.17, 15) is 9.59 Å². The van der Waals surface area contributed by atoms with Crippen molar-refractivity contribution >= 4 is 35.3 Å². The number of nitrogens with one attached hydrogen (secondary N) is 1. The zero-order valence-electron chi connectivity index (χ0n) is 13.1. The van der Waals surface area contributed by atoms with E-state index >= 15 is 0 Å². The van der Waals surface area contributed by atoms with Gasteiger partial charge in [0.1, 0.15) is 5.70 Å². The number of benzene rings is 1. The topological polar surface area (TPSA) is 54.3 Å². The van der Waals surface area contributed by atoms with Crippen LogP contribution in [0.5, 0.6) is 0 Å². The molecule has 0 spiro atoms. The summed E-state index contributed by atoms with van der Waals surface area (Å²) >= 11 is 5.94. The molecule has 23 heavy (non-hydrogen) atoms. The molecule has 1 aliphatic rings. The van der Waals surface area contributed by atoms with Crippen molar-refractivity contribution < 1.29 is 9.59 Å². The average Bonchev–Trinajstić information content (AvgIpc) is 2.91. The molecule has 1 aliphatic heterocycles. The summed E-state index contributed by atoms with van der Waals surface area (Å²) in [5.74, 6) is -0.391. The van der Waals surface area contributed by atoms with Crippen molar-refractivity contribution in [2.24, 2.45) is 7.05 Å². The van der Waals surface area contributed by atoms with Crippen LogP contribution in [-0.2, 0) is 11.8 Å². The number of hydrogen-bond donors (Lipinski definition) is 1. The van der Waals surface area contributed by atoms with Crippen molar-refractivity contribution in [1.82, 2.24) is 9.88 Å². The lowest BCUT2D eigenvalue weighted by Crippen LogP contribution is -2.30. The number of carbonyl (C=O) groups is 2. The third-order valence-electron chi connectivity index (χ3n) is 4.06. The predicted molar refractivity (Wildman–Crippen MR) is 90.3 cm³/mol. The van der Waals surface area contributed by atoms with Crippen molar-refractivity contribution in [3.63, 3.8) is 0 Å². The van der Waals surface area contributed by atoms with Crippen molar-refractivity contribution in [3.05, 3.63) is 58.0 Å². The fourth-order valence-electron chi connectivity index (χ4n) is 2.57. The molecule has 0 atom stereocenters. The molecular weight excluding hydrogens is 314 g/mol. The lowest BCUT2D eigenvalue weighted by Gasteiger charge is -2.11. The minimum atomic E-state index is -0.478. The van der Waals surface area contributed by atoms with E-state index in [4.69, 9.17) is 11.6 Å². The maximum atomic E-state index is 12.6. The van der Waals surface area contributed by atoms with Crippen LogP contribution >= 0.6 is 11.6 Å². The fraction of sp³-hybridized carbons (Fsp3) is 0.176. The van der Waals surface area contributed by atoms with Gasteiger partial charge in [0, 0.05) is 23.5 Å². The third-order valence-corrected chi connectivity index (χ3v) is 4.29. The number of aromatic nitrogens is 1. The highest BCUT2D eigenvalue weighted by molar-refractivity contribution is 6.32. The van der Waals surface area contributed by atoms with Gasteiger partial charge in [-0.05, 0) is 49.8 Å². The number of imide groups is 1. The van der Waals surface area contributed by atoms with Gasteiger partial charge in [-0.3, -0.25) is 4.79 Å². The van der Waals surface area contributed by atoms with Gasteiger partial charge in [0.25, 0.3) is 5.91 Å². The summed E-state index contributed by atoms with van der Waals surface area (Å²) in [7, 11) is 1.96. The highest BCUT2D eigenvalue weighted by Crippen LogP contribution is 2.25. The number of nitrogens with zero attached hydrogens (tertiary/aromatic N) is 2. The van der Waals surface area contributed by atoms with Crippen LogP contribution in [0.4, 0.5) is 10.5 Å². The Balaban J connectivity index is 1.98. The third kappa shape index (κ3) is 2.64. The molecule has 0 unspecified atom stereocenters. The number of halogens is 1. The molecule has 2 aromatic rings. The van der Waals surface area contributed by atoms with Crippen molar-refractivity contribution in [1.29, 1.82) is 0 Å². The first kappa shape index (κ1) is 15.4. The first-order valence-electron chi connectivity index (χ1n) is 7.14. The standard InChI is InChI=1S/C17H16ClN3O2/c1-10-7-12(11(2)20(10)3)8-15-16(22)21(17(23)19-15)14-6-4-5-13(18)9-14/h4-9H,1-3H3,(H,19,23). The van der Waals surface area contributed by atoms with E-state index in [2.05, 4.69) is 5.32 Å². The summed E-state index contributed by atoms with van der Waals surface area (Å²) in [4.78, 5) is 25.8. The Hall–Kier alpha value is -2.53. The molecule has 1 N–H and O–H groups in total. The fourth-order valence-corrected chi connectivity index (χ4v) is 2.76. The Morgan fingerprint density at radius 3 is 2.52 bits per heavy atom. The molecule has 0 radical (unpaired) electrons. The molecule has 2 heterocycles. The quantitative estimate of drug-likeness (QED) is 0.678. The Morgan fingerprint density at radius 2 is 1.91 bits per heavy atom. The summed E-state index contributed by atoms with van der Waals surface area (Å²) < 4.78 is 2.03. The van der Waals surface area contributed by atoms with Crippen molar-refractivity contribution in [3.8, 4) is 0 Å². The Kier molecular flexibility index (Phi) is 3.74. The van der Waals surface area contributed by atoms with E-state index in [1.165, 1.54) is 0 Å². The van der Waals surface area contributed by atoms with Gasteiger partial charge in [-0.2, -0.15) is 0 Å². The molecule has 0 aliphatic carbocycles. The molecule has 118 valence electrons. The van der Waals surface area contributed by atoms with Gasteiger partial charge in [0.05, 0.1) is 5.69 Å². The van der Waals surface area contributed by atoms with E-state index in [-0.39, 0.29) is 5.70 Å². The van der Waals surface area contributed by atoms with Crippen LogP contribution in [0.2, 0.25) is 5.02 Å². The maximum Gasteiger partial charge on any atom is 0.333 e. The van der Waals surface area contributed by atoms with Gasteiger partial charge in [-0.15, -0.1) is 0 Å². The highest BCUT2D eigenvalue weighted by Gasteiger charge is 2.35. The molecule has 1 saturated heterocycles. The van der Waals surface area contributed by atoms with Gasteiger partial charge in [0.15, 0.2) is 0 Å². The number of anilines is 1. The van der Waals surface area contributed by atoms with Crippen molar-refractivity contribution in [2.45, 2.75) is 13.8 Å². The molecule has 1 fully saturated rings. The minimum absolute atomic E-state index is 0.253. The summed E-state index contributed by atoms with van der Waals surface area (Å²) in [5, 5.41) is 3.09. The Morgan fingerprint density at radius 1 is 1.17 bits per heavy atom. The van der Waals surface area contributed by atoms with Gasteiger partial charge in [-0.25, -0.2) is 9.69 Å². The lowest BCUT2D eigenvalue weighted by atomic mass is 10.2. The summed E-state index contributed by atoms with van der Waals surface area (Å²) in [6.45, 7) is 3.96. The zero-order chi connectivity index (χ0) is 16.7. The number of amides is 3. The zero-order valence-corrected chi connectivity index (χ0v) is 13.8. The van der Waals surface area contributed by atoms with Crippen LogP contribution in [0, 0.1) is 13.8 Å². The van der Waals surface area contributed by atoms with E-state index < -0.39 is 11.9 Å². The minimum Gasteiger partial charge on any atom is -0.352 e. The number of rotatable bonds is 2. The summed E-state index contributed by atoms with van der Waals surface area (Å²) in [6, 6.07) is 8.14.